The molecule has 0 spiro atoms. The Labute approximate surface area is 155 Å². The summed E-state index contributed by atoms with van der Waals surface area (Å²) in [7, 11) is 0. The quantitative estimate of drug-likeness (QED) is 0.563. The van der Waals surface area contributed by atoms with Crippen LogP contribution in [0.25, 0.3) is 0 Å². The van der Waals surface area contributed by atoms with Crippen LogP contribution in [0.4, 0.5) is 0 Å². The third kappa shape index (κ3) is 4.49. The summed E-state index contributed by atoms with van der Waals surface area (Å²) in [6.07, 6.45) is 4.08. The SMILES string of the molecule is CSc1cc(C(=O)Cc2cc(C(C)(C)C)c(O)c(C(C)(C)C)c2)c[nH]1. The first kappa shape index (κ1) is 19.6. The van der Waals surface area contributed by atoms with Crippen molar-refractivity contribution in [2.24, 2.45) is 0 Å². The number of thioether (sulfide) groups is 1. The molecule has 0 fully saturated rings. The van der Waals surface area contributed by atoms with Gasteiger partial charge in [0.2, 0.25) is 0 Å². The van der Waals surface area contributed by atoms with E-state index in [0.717, 1.165) is 21.7 Å². The molecule has 1 aromatic heterocycles. The highest BCUT2D eigenvalue weighted by molar-refractivity contribution is 7.98. The van der Waals surface area contributed by atoms with Gasteiger partial charge in [-0.1, -0.05) is 53.7 Å². The molecule has 0 amide bonds. The van der Waals surface area contributed by atoms with Crippen molar-refractivity contribution in [2.75, 3.05) is 6.26 Å². The van der Waals surface area contributed by atoms with Gasteiger partial charge in [-0.05, 0) is 39.8 Å². The highest BCUT2D eigenvalue weighted by atomic mass is 32.2. The number of hydrogen-bond donors (Lipinski definition) is 2. The van der Waals surface area contributed by atoms with Gasteiger partial charge in [0.25, 0.3) is 0 Å². The Morgan fingerprint density at radius 1 is 1.04 bits per heavy atom. The van der Waals surface area contributed by atoms with Gasteiger partial charge in [0.1, 0.15) is 5.75 Å². The van der Waals surface area contributed by atoms with Crippen molar-refractivity contribution in [3.05, 3.63) is 46.6 Å². The molecular formula is C21H29NO2S. The largest absolute Gasteiger partial charge is 0.507 e. The van der Waals surface area contributed by atoms with Crippen LogP contribution >= 0.6 is 11.8 Å². The molecule has 0 saturated heterocycles. The fourth-order valence-corrected chi connectivity index (χ4v) is 3.30. The van der Waals surface area contributed by atoms with Gasteiger partial charge < -0.3 is 10.1 Å². The smallest absolute Gasteiger partial charge is 0.168 e. The van der Waals surface area contributed by atoms with Crippen LogP contribution < -0.4 is 0 Å². The van der Waals surface area contributed by atoms with Gasteiger partial charge in [0.05, 0.1) is 5.03 Å². The van der Waals surface area contributed by atoms with Gasteiger partial charge in [-0.2, -0.15) is 0 Å². The van der Waals surface area contributed by atoms with Crippen LogP contribution in [-0.4, -0.2) is 22.1 Å². The fourth-order valence-electron chi connectivity index (χ4n) is 2.88. The molecule has 3 nitrogen and oxygen atoms in total. The van der Waals surface area contributed by atoms with Crippen molar-refractivity contribution in [1.82, 2.24) is 4.98 Å². The number of aromatic hydroxyl groups is 1. The van der Waals surface area contributed by atoms with Crippen LogP contribution in [0.15, 0.2) is 29.4 Å². The minimum Gasteiger partial charge on any atom is -0.507 e. The molecule has 25 heavy (non-hydrogen) atoms. The molecule has 0 aliphatic carbocycles. The van der Waals surface area contributed by atoms with Crippen LogP contribution in [0.5, 0.6) is 5.75 Å². The number of hydrogen-bond acceptors (Lipinski definition) is 3. The first-order chi connectivity index (χ1) is 11.4. The lowest BCUT2D eigenvalue weighted by molar-refractivity contribution is 0.0993. The number of carbonyl (C=O) groups excluding carboxylic acids is 1. The molecule has 4 heteroatoms. The van der Waals surface area contributed by atoms with Crippen molar-refractivity contribution < 1.29 is 9.90 Å². The third-order valence-corrected chi connectivity index (χ3v) is 5.02. The van der Waals surface area contributed by atoms with E-state index in [0.29, 0.717) is 17.7 Å². The van der Waals surface area contributed by atoms with Gasteiger partial charge in [-0.15, -0.1) is 11.8 Å². The molecule has 0 aliphatic heterocycles. The van der Waals surface area contributed by atoms with Crippen molar-refractivity contribution >= 4 is 17.5 Å². The molecule has 1 aromatic carbocycles. The number of phenolic OH excluding ortho intramolecular Hbond substituents is 1. The Morgan fingerprint density at radius 2 is 1.56 bits per heavy atom. The predicted molar refractivity (Wildman–Crippen MR) is 106 cm³/mol. The van der Waals surface area contributed by atoms with E-state index in [2.05, 4.69) is 46.5 Å². The molecule has 2 aromatic rings. The summed E-state index contributed by atoms with van der Waals surface area (Å²) in [5.41, 5.74) is 3.05. The first-order valence-corrected chi connectivity index (χ1v) is 9.78. The molecular weight excluding hydrogens is 330 g/mol. The summed E-state index contributed by atoms with van der Waals surface area (Å²) in [6.45, 7) is 12.5. The summed E-state index contributed by atoms with van der Waals surface area (Å²) in [4.78, 5) is 15.8. The Kier molecular flexibility index (Phi) is 5.43. The van der Waals surface area contributed by atoms with Crippen LogP contribution in [0.3, 0.4) is 0 Å². The standard InChI is InChI=1S/C21H29NO2S/c1-20(2,3)15-8-13(9-16(19(15)24)21(4,5)6)10-17(23)14-11-18(25-7)22-12-14/h8-9,11-12,22,24H,10H2,1-7H3. The minimum absolute atomic E-state index is 0.0851. The molecule has 0 bridgehead atoms. The molecule has 0 unspecified atom stereocenters. The second-order valence-electron chi connectivity index (χ2n) is 8.60. The number of nitrogens with one attached hydrogen (secondary N) is 1. The maximum atomic E-state index is 12.7. The van der Waals surface area contributed by atoms with E-state index in [1.807, 2.05) is 24.5 Å². The molecule has 2 rings (SSSR count). The zero-order chi connectivity index (χ0) is 19.0. The highest BCUT2D eigenvalue weighted by Crippen LogP contribution is 2.40. The monoisotopic (exact) mass is 359 g/mol. The molecule has 0 aliphatic rings. The number of benzene rings is 1. The molecule has 136 valence electrons. The van der Waals surface area contributed by atoms with Crippen molar-refractivity contribution in [3.63, 3.8) is 0 Å². The van der Waals surface area contributed by atoms with Gasteiger partial charge >= 0.3 is 0 Å². The fraction of sp³-hybridized carbons (Fsp3) is 0.476. The third-order valence-electron chi connectivity index (χ3n) is 4.35. The van der Waals surface area contributed by atoms with E-state index in [-0.39, 0.29) is 16.6 Å². The second-order valence-corrected chi connectivity index (χ2v) is 9.44. The summed E-state index contributed by atoms with van der Waals surface area (Å²) in [6, 6.07) is 5.85. The Morgan fingerprint density at radius 3 is 1.96 bits per heavy atom. The second kappa shape index (κ2) is 6.91. The van der Waals surface area contributed by atoms with E-state index < -0.39 is 0 Å². The average molecular weight is 360 g/mol. The van der Waals surface area contributed by atoms with E-state index in [1.54, 1.807) is 18.0 Å². The number of Topliss-reactive ketones (excluding diaryl/α,β-unsaturated/α-hetero) is 1. The maximum Gasteiger partial charge on any atom is 0.168 e. The van der Waals surface area contributed by atoms with Crippen molar-refractivity contribution in [3.8, 4) is 5.75 Å². The van der Waals surface area contributed by atoms with Gasteiger partial charge in [-0.3, -0.25) is 4.79 Å². The zero-order valence-electron chi connectivity index (χ0n) is 16.3. The Balaban J connectivity index is 2.45. The maximum absolute atomic E-state index is 12.7. The van der Waals surface area contributed by atoms with E-state index >= 15 is 0 Å². The lowest BCUT2D eigenvalue weighted by Gasteiger charge is -2.28. The van der Waals surface area contributed by atoms with Crippen LogP contribution in [-0.2, 0) is 17.3 Å². The molecule has 0 saturated carbocycles. The van der Waals surface area contributed by atoms with Crippen LogP contribution in [0.1, 0.15) is 68.6 Å². The highest BCUT2D eigenvalue weighted by Gasteiger charge is 2.27. The predicted octanol–water partition coefficient (Wildman–Crippen LogP) is 5.46. The van der Waals surface area contributed by atoms with Crippen molar-refractivity contribution in [1.29, 1.82) is 0 Å². The summed E-state index contributed by atoms with van der Waals surface area (Å²) in [5.74, 6) is 0.435. The van der Waals surface area contributed by atoms with Crippen LogP contribution in [0, 0.1) is 0 Å². The lowest BCUT2D eigenvalue weighted by atomic mass is 9.78. The molecule has 1 heterocycles. The van der Waals surface area contributed by atoms with E-state index in [1.165, 1.54) is 0 Å². The number of rotatable bonds is 4. The normalized spacial score (nSPS) is 12.4. The Bertz CT molecular complexity index is 741. The summed E-state index contributed by atoms with van der Waals surface area (Å²) < 4.78 is 0. The van der Waals surface area contributed by atoms with Crippen LogP contribution in [0.2, 0.25) is 0 Å². The van der Waals surface area contributed by atoms with Gasteiger partial charge in [-0.25, -0.2) is 0 Å². The number of phenols is 1. The minimum atomic E-state index is -0.191. The summed E-state index contributed by atoms with van der Waals surface area (Å²) >= 11 is 1.59. The number of aromatic nitrogens is 1. The van der Waals surface area contributed by atoms with Gasteiger partial charge in [0.15, 0.2) is 5.78 Å². The Hall–Kier alpha value is -1.68. The lowest BCUT2D eigenvalue weighted by Crippen LogP contribution is -2.18. The number of H-pyrrole nitrogens is 1. The summed E-state index contributed by atoms with van der Waals surface area (Å²) in [5, 5.41) is 11.8. The average Bonchev–Trinajstić information content (AvgIpc) is 2.95. The molecule has 0 radical (unpaired) electrons. The number of carbonyl (C=O) groups is 1. The zero-order valence-corrected chi connectivity index (χ0v) is 17.1. The number of aromatic amines is 1. The first-order valence-electron chi connectivity index (χ1n) is 8.56. The van der Waals surface area contributed by atoms with E-state index in [9.17, 15) is 9.90 Å². The molecule has 0 atom stereocenters. The van der Waals surface area contributed by atoms with Gasteiger partial charge in [0, 0.05) is 18.2 Å². The molecule has 2 N–H and O–H groups in total. The van der Waals surface area contributed by atoms with Crippen molar-refractivity contribution in [2.45, 2.75) is 63.8 Å². The van der Waals surface area contributed by atoms with E-state index in [4.69, 9.17) is 0 Å². The topological polar surface area (TPSA) is 53.1 Å². The number of ketones is 1.